The summed E-state index contributed by atoms with van der Waals surface area (Å²) in [5.41, 5.74) is 6.56. The molecule has 1 aliphatic heterocycles. The summed E-state index contributed by atoms with van der Waals surface area (Å²) < 4.78 is 18.8. The topological polar surface area (TPSA) is 53.7 Å². The molecule has 30 heavy (non-hydrogen) atoms. The number of ether oxygens (including phenoxy) is 2. The molecule has 1 heterocycles. The molecule has 1 fully saturated rings. The first-order chi connectivity index (χ1) is 14.3. The van der Waals surface area contributed by atoms with E-state index in [1.807, 2.05) is 6.92 Å². The fourth-order valence-electron chi connectivity index (χ4n) is 4.28. The third-order valence-electron chi connectivity index (χ3n) is 6.02. The van der Waals surface area contributed by atoms with Crippen molar-refractivity contribution in [3.05, 3.63) is 60.7 Å². The molecule has 164 valence electrons. The molecule has 2 N–H and O–H groups in total. The van der Waals surface area contributed by atoms with Crippen LogP contribution in [0.3, 0.4) is 0 Å². The summed E-state index contributed by atoms with van der Waals surface area (Å²) in [6.07, 6.45) is 2.91. The van der Waals surface area contributed by atoms with Gasteiger partial charge in [0.15, 0.2) is 6.29 Å². The zero-order chi connectivity index (χ0) is 21.6. The zero-order valence-corrected chi connectivity index (χ0v) is 19.8. The Morgan fingerprint density at radius 3 is 2.03 bits per heavy atom. The second kappa shape index (κ2) is 10.2. The van der Waals surface area contributed by atoms with Gasteiger partial charge < -0.3 is 19.6 Å². The van der Waals surface area contributed by atoms with Gasteiger partial charge in [-0.25, -0.2) is 0 Å². The van der Waals surface area contributed by atoms with Gasteiger partial charge in [0.1, 0.15) is 0 Å². The van der Waals surface area contributed by atoms with Crippen molar-refractivity contribution in [2.75, 3.05) is 13.2 Å². The van der Waals surface area contributed by atoms with Crippen molar-refractivity contribution < 1.29 is 13.9 Å². The van der Waals surface area contributed by atoms with Gasteiger partial charge in [-0.3, -0.25) is 0 Å². The first-order valence-corrected chi connectivity index (χ1v) is 13.0. The van der Waals surface area contributed by atoms with E-state index in [1.165, 1.54) is 10.4 Å². The van der Waals surface area contributed by atoms with E-state index in [0.717, 1.165) is 25.9 Å². The van der Waals surface area contributed by atoms with Crippen molar-refractivity contribution in [3.63, 3.8) is 0 Å². The van der Waals surface area contributed by atoms with Crippen LogP contribution in [-0.2, 0) is 13.9 Å². The Labute approximate surface area is 182 Å². The Morgan fingerprint density at radius 2 is 1.57 bits per heavy atom. The maximum Gasteiger partial charge on any atom is 0.261 e. The van der Waals surface area contributed by atoms with Crippen molar-refractivity contribution in [1.29, 1.82) is 0 Å². The molecule has 0 aliphatic carbocycles. The predicted octanol–water partition coefficient (Wildman–Crippen LogP) is 3.82. The molecule has 0 radical (unpaired) electrons. The number of rotatable bonds is 8. The highest BCUT2D eigenvalue weighted by molar-refractivity contribution is 6.99. The van der Waals surface area contributed by atoms with E-state index in [4.69, 9.17) is 19.6 Å². The lowest BCUT2D eigenvalue weighted by atomic mass is 10.2. The minimum absolute atomic E-state index is 0.0635. The molecule has 0 bridgehead atoms. The van der Waals surface area contributed by atoms with Crippen LogP contribution >= 0.6 is 0 Å². The Hall–Kier alpha value is -1.50. The van der Waals surface area contributed by atoms with Gasteiger partial charge in [0.05, 0.1) is 18.8 Å². The van der Waals surface area contributed by atoms with Gasteiger partial charge in [-0.15, -0.1) is 0 Å². The number of benzene rings is 2. The molecule has 2 unspecified atom stereocenters. The summed E-state index contributed by atoms with van der Waals surface area (Å²) in [4.78, 5) is 0. The minimum Gasteiger partial charge on any atom is -0.406 e. The molecule has 4 nitrogen and oxygen atoms in total. The van der Waals surface area contributed by atoms with E-state index in [0.29, 0.717) is 6.61 Å². The summed E-state index contributed by atoms with van der Waals surface area (Å²) in [5.74, 6) is 0. The van der Waals surface area contributed by atoms with Crippen LogP contribution in [0.4, 0.5) is 0 Å². The largest absolute Gasteiger partial charge is 0.406 e. The summed E-state index contributed by atoms with van der Waals surface area (Å²) >= 11 is 0. The van der Waals surface area contributed by atoms with Gasteiger partial charge in [0, 0.05) is 6.61 Å². The van der Waals surface area contributed by atoms with Gasteiger partial charge in [-0.2, -0.15) is 0 Å². The molecule has 1 saturated heterocycles. The second-order valence-electron chi connectivity index (χ2n) is 9.28. The molecule has 5 heteroatoms. The van der Waals surface area contributed by atoms with E-state index < -0.39 is 8.32 Å². The Kier molecular flexibility index (Phi) is 7.88. The molecule has 1 aliphatic rings. The fraction of sp³-hybridized carbons (Fsp3) is 0.520. The van der Waals surface area contributed by atoms with Gasteiger partial charge in [0.25, 0.3) is 8.32 Å². The molecule has 0 saturated carbocycles. The van der Waals surface area contributed by atoms with Crippen LogP contribution in [0.25, 0.3) is 0 Å². The highest BCUT2D eigenvalue weighted by atomic mass is 28.4. The molecule has 0 aromatic heterocycles. The second-order valence-corrected chi connectivity index (χ2v) is 13.6. The van der Waals surface area contributed by atoms with Gasteiger partial charge >= 0.3 is 0 Å². The lowest BCUT2D eigenvalue weighted by molar-refractivity contribution is -0.189. The van der Waals surface area contributed by atoms with Crippen molar-refractivity contribution in [3.8, 4) is 0 Å². The number of hydrogen-bond donors (Lipinski definition) is 1. The van der Waals surface area contributed by atoms with Crippen LogP contribution in [0.1, 0.15) is 47.0 Å². The first kappa shape index (κ1) is 23.2. The summed E-state index contributed by atoms with van der Waals surface area (Å²) in [6.45, 7) is 10.1. The smallest absolute Gasteiger partial charge is 0.261 e. The SMILES string of the molecule is CC(OC1CCCCO1)[C@H](N)CO[Si](c1ccccc1)(c1ccccc1)C(C)(C)C. The highest BCUT2D eigenvalue weighted by Gasteiger charge is 2.50. The summed E-state index contributed by atoms with van der Waals surface area (Å²) in [6, 6.07) is 21.1. The normalized spacial score (nSPS) is 20.0. The van der Waals surface area contributed by atoms with Crippen LogP contribution < -0.4 is 16.1 Å². The molecule has 2 aromatic rings. The van der Waals surface area contributed by atoms with Gasteiger partial charge in [-0.1, -0.05) is 81.4 Å². The molecular weight excluding hydrogens is 390 g/mol. The third-order valence-corrected chi connectivity index (χ3v) is 11.0. The quantitative estimate of drug-likeness (QED) is 0.651. The fourth-order valence-corrected chi connectivity index (χ4v) is 8.88. The van der Waals surface area contributed by atoms with Crippen molar-refractivity contribution in [2.24, 2.45) is 5.73 Å². The average molecular weight is 428 g/mol. The van der Waals surface area contributed by atoms with Crippen LogP contribution in [0.2, 0.25) is 5.04 Å². The molecule has 0 spiro atoms. The van der Waals surface area contributed by atoms with E-state index in [1.54, 1.807) is 0 Å². The monoisotopic (exact) mass is 427 g/mol. The molecule has 2 aromatic carbocycles. The molecule has 3 rings (SSSR count). The maximum absolute atomic E-state index is 6.93. The molecule has 0 amide bonds. The summed E-state index contributed by atoms with van der Waals surface area (Å²) in [7, 11) is -2.58. The lowest BCUT2D eigenvalue weighted by Crippen LogP contribution is -2.67. The van der Waals surface area contributed by atoms with Crippen LogP contribution in [0.5, 0.6) is 0 Å². The summed E-state index contributed by atoms with van der Waals surface area (Å²) in [5, 5.41) is 2.46. The van der Waals surface area contributed by atoms with Gasteiger partial charge in [0.2, 0.25) is 0 Å². The van der Waals surface area contributed by atoms with Crippen LogP contribution in [0, 0.1) is 0 Å². The number of nitrogens with two attached hydrogens (primary N) is 1. The lowest BCUT2D eigenvalue weighted by Gasteiger charge is -2.44. The highest BCUT2D eigenvalue weighted by Crippen LogP contribution is 2.36. The maximum atomic E-state index is 6.93. The average Bonchev–Trinajstić information content (AvgIpc) is 2.75. The van der Waals surface area contributed by atoms with Crippen molar-refractivity contribution >= 4 is 18.7 Å². The Bertz CT molecular complexity index is 717. The minimum atomic E-state index is -2.58. The first-order valence-electron chi connectivity index (χ1n) is 11.1. The van der Waals surface area contributed by atoms with E-state index in [2.05, 4.69) is 81.4 Å². The van der Waals surface area contributed by atoms with E-state index >= 15 is 0 Å². The molecular formula is C25H37NO3Si. The zero-order valence-electron chi connectivity index (χ0n) is 18.8. The Morgan fingerprint density at radius 1 is 1.00 bits per heavy atom. The Balaban J connectivity index is 1.84. The van der Waals surface area contributed by atoms with E-state index in [9.17, 15) is 0 Å². The van der Waals surface area contributed by atoms with Crippen molar-refractivity contribution in [2.45, 2.75) is 70.4 Å². The van der Waals surface area contributed by atoms with E-state index in [-0.39, 0.29) is 23.5 Å². The van der Waals surface area contributed by atoms with Crippen LogP contribution in [-0.4, -0.2) is 40.0 Å². The molecule has 3 atom stereocenters. The van der Waals surface area contributed by atoms with Gasteiger partial charge in [-0.05, 0) is 41.6 Å². The van der Waals surface area contributed by atoms with Crippen LogP contribution in [0.15, 0.2) is 60.7 Å². The third kappa shape index (κ3) is 5.21. The standard InChI is InChI=1S/C25H37NO3Si/c1-20(29-24-17-11-12-18-27-24)23(26)19-28-30(25(2,3)4,21-13-7-5-8-14-21)22-15-9-6-10-16-22/h5-10,13-16,20,23-24H,11-12,17-19,26H2,1-4H3/t20?,23-,24?/m1/s1. The predicted molar refractivity (Wildman–Crippen MR) is 126 cm³/mol. The number of hydrogen-bond acceptors (Lipinski definition) is 4. The van der Waals surface area contributed by atoms with Crippen molar-refractivity contribution in [1.82, 2.24) is 0 Å².